The Kier molecular flexibility index (Phi) is 5.29. The van der Waals surface area contributed by atoms with E-state index in [9.17, 15) is 13.2 Å². The van der Waals surface area contributed by atoms with Crippen LogP contribution in [0, 0.1) is 0 Å². The van der Waals surface area contributed by atoms with Crippen molar-refractivity contribution in [2.45, 2.75) is 37.3 Å². The molecular weight excluding hydrogens is 388 g/mol. The molecule has 0 unspecified atom stereocenters. The van der Waals surface area contributed by atoms with E-state index in [1.165, 1.54) is 17.5 Å². The number of hydrogen-bond donors (Lipinski definition) is 2. The normalized spacial score (nSPS) is 15.1. The minimum Gasteiger partial charge on any atom is -0.444 e. The molecule has 0 radical (unpaired) electrons. The number of amides is 1. The predicted octanol–water partition coefficient (Wildman–Crippen LogP) is 2.66. The van der Waals surface area contributed by atoms with E-state index in [0.717, 1.165) is 5.69 Å². The average Bonchev–Trinajstić information content (AvgIpc) is 3.01. The zero-order valence-corrected chi connectivity index (χ0v) is 16.9. The highest BCUT2D eigenvalue weighted by Crippen LogP contribution is 2.24. The molecule has 2 heterocycles. The number of sulfonamides is 1. The summed E-state index contributed by atoms with van der Waals surface area (Å²) in [5, 5.41) is 4.85. The number of anilines is 2. The molecule has 0 spiro atoms. The monoisotopic (exact) mass is 410 g/mol. The predicted molar refractivity (Wildman–Crippen MR) is 105 cm³/mol. The van der Waals surface area contributed by atoms with Crippen molar-refractivity contribution >= 4 is 38.3 Å². The largest absolute Gasteiger partial charge is 0.444 e. The number of alkyl carbamates (subject to hydrolysis) is 1. The van der Waals surface area contributed by atoms with E-state index in [4.69, 9.17) is 4.74 Å². The molecule has 3 rings (SSSR count). The van der Waals surface area contributed by atoms with Gasteiger partial charge >= 0.3 is 6.09 Å². The first kappa shape index (κ1) is 19.4. The Morgan fingerprint density at radius 2 is 1.93 bits per heavy atom. The smallest absolute Gasteiger partial charge is 0.407 e. The number of hydrogen-bond acceptors (Lipinski definition) is 7. The summed E-state index contributed by atoms with van der Waals surface area (Å²) >= 11 is 1.22. The summed E-state index contributed by atoms with van der Waals surface area (Å²) in [7, 11) is -3.65. The van der Waals surface area contributed by atoms with Crippen LogP contribution in [0.5, 0.6) is 0 Å². The van der Waals surface area contributed by atoms with E-state index in [-0.39, 0.29) is 10.9 Å². The van der Waals surface area contributed by atoms with Gasteiger partial charge in [-0.3, -0.25) is 4.72 Å². The number of benzene rings is 1. The lowest BCUT2D eigenvalue weighted by atomic mass is 10.1. The maximum absolute atomic E-state index is 12.3. The zero-order chi connectivity index (χ0) is 19.7. The summed E-state index contributed by atoms with van der Waals surface area (Å²) in [4.78, 5) is 17.9. The van der Waals surface area contributed by atoms with E-state index >= 15 is 0 Å². The molecule has 1 aliphatic rings. The summed E-state index contributed by atoms with van der Waals surface area (Å²) in [6.07, 6.45) is 1.11. The van der Waals surface area contributed by atoms with Gasteiger partial charge in [0.25, 0.3) is 10.0 Å². The second-order valence-corrected chi connectivity index (χ2v) is 9.76. The number of thiazole rings is 1. The fourth-order valence-corrected chi connectivity index (χ4v) is 4.33. The van der Waals surface area contributed by atoms with Crippen LogP contribution < -0.4 is 14.9 Å². The second kappa shape index (κ2) is 7.35. The lowest BCUT2D eigenvalue weighted by Crippen LogP contribution is -2.60. The van der Waals surface area contributed by atoms with Crippen LogP contribution >= 0.6 is 11.3 Å². The van der Waals surface area contributed by atoms with Gasteiger partial charge in [-0.05, 0) is 45.0 Å². The van der Waals surface area contributed by atoms with Gasteiger partial charge in [-0.15, -0.1) is 11.3 Å². The molecule has 10 heteroatoms. The Balaban J connectivity index is 1.54. The van der Waals surface area contributed by atoms with Crippen LogP contribution in [0.2, 0.25) is 0 Å². The molecule has 0 bridgehead atoms. The highest BCUT2D eigenvalue weighted by molar-refractivity contribution is 7.93. The molecule has 1 aromatic heterocycles. The molecule has 8 nitrogen and oxygen atoms in total. The van der Waals surface area contributed by atoms with Gasteiger partial charge in [0, 0.05) is 30.4 Å². The molecule has 0 saturated carbocycles. The number of rotatable bonds is 5. The molecule has 1 fully saturated rings. The van der Waals surface area contributed by atoms with Crippen LogP contribution in [0.3, 0.4) is 0 Å². The number of aromatic nitrogens is 1. The summed E-state index contributed by atoms with van der Waals surface area (Å²) < 4.78 is 32.3. The van der Waals surface area contributed by atoms with Gasteiger partial charge in [0.1, 0.15) is 5.60 Å². The number of nitrogens with one attached hydrogen (secondary N) is 2. The third-order valence-electron chi connectivity index (χ3n) is 3.77. The Morgan fingerprint density at radius 1 is 1.26 bits per heavy atom. The molecule has 1 aliphatic heterocycles. The van der Waals surface area contributed by atoms with E-state index in [0.29, 0.717) is 18.2 Å². The first-order chi connectivity index (χ1) is 12.6. The average molecular weight is 411 g/mol. The van der Waals surface area contributed by atoms with Crippen molar-refractivity contribution in [2.24, 2.45) is 0 Å². The molecule has 1 aromatic carbocycles. The van der Waals surface area contributed by atoms with Crippen molar-refractivity contribution in [1.29, 1.82) is 0 Å². The van der Waals surface area contributed by atoms with Gasteiger partial charge in [-0.2, -0.15) is 0 Å². The van der Waals surface area contributed by atoms with Crippen LogP contribution in [0.25, 0.3) is 0 Å². The SMILES string of the molecule is CC(C)(C)OC(=O)NC1CN(c2ccc(S(=O)(=O)Nc3nccs3)cc2)C1. The lowest BCUT2D eigenvalue weighted by Gasteiger charge is -2.41. The Labute approximate surface area is 162 Å². The van der Waals surface area contributed by atoms with Crippen molar-refractivity contribution < 1.29 is 17.9 Å². The molecule has 1 amide bonds. The highest BCUT2D eigenvalue weighted by Gasteiger charge is 2.30. The van der Waals surface area contributed by atoms with Gasteiger partial charge in [-0.1, -0.05) is 0 Å². The van der Waals surface area contributed by atoms with E-state index in [1.54, 1.807) is 29.6 Å². The van der Waals surface area contributed by atoms with Crippen LogP contribution in [0.1, 0.15) is 20.8 Å². The number of ether oxygens (including phenoxy) is 1. The van der Waals surface area contributed by atoms with Gasteiger partial charge < -0.3 is 15.0 Å². The summed E-state index contributed by atoms with van der Waals surface area (Å²) in [5.41, 5.74) is 0.368. The molecule has 0 atom stereocenters. The van der Waals surface area contributed by atoms with Crippen LogP contribution in [0.4, 0.5) is 15.6 Å². The Hall–Kier alpha value is -2.33. The topological polar surface area (TPSA) is 101 Å². The summed E-state index contributed by atoms with van der Waals surface area (Å²) in [6.45, 7) is 6.74. The highest BCUT2D eigenvalue weighted by atomic mass is 32.2. The third kappa shape index (κ3) is 5.10. The van der Waals surface area contributed by atoms with E-state index in [2.05, 4.69) is 15.0 Å². The van der Waals surface area contributed by atoms with Gasteiger partial charge in [0.15, 0.2) is 5.13 Å². The maximum Gasteiger partial charge on any atom is 0.407 e. The Morgan fingerprint density at radius 3 is 2.48 bits per heavy atom. The second-order valence-electron chi connectivity index (χ2n) is 7.18. The molecule has 2 aromatic rings. The minimum atomic E-state index is -3.65. The third-order valence-corrected chi connectivity index (χ3v) is 5.94. The van der Waals surface area contributed by atoms with Crippen molar-refractivity contribution in [3.63, 3.8) is 0 Å². The first-order valence-electron chi connectivity index (χ1n) is 8.39. The van der Waals surface area contributed by atoms with Crippen molar-refractivity contribution in [3.05, 3.63) is 35.8 Å². The molecule has 27 heavy (non-hydrogen) atoms. The molecular formula is C17H22N4O4S2. The first-order valence-corrected chi connectivity index (χ1v) is 10.8. The van der Waals surface area contributed by atoms with E-state index < -0.39 is 21.7 Å². The number of carbonyl (C=O) groups is 1. The lowest BCUT2D eigenvalue weighted by molar-refractivity contribution is 0.0496. The minimum absolute atomic E-state index is 0.00910. The van der Waals surface area contributed by atoms with Gasteiger partial charge in [0.05, 0.1) is 10.9 Å². The summed E-state index contributed by atoms with van der Waals surface area (Å²) in [5.74, 6) is 0. The zero-order valence-electron chi connectivity index (χ0n) is 15.3. The molecule has 146 valence electrons. The summed E-state index contributed by atoms with van der Waals surface area (Å²) in [6, 6.07) is 6.62. The molecule has 1 saturated heterocycles. The van der Waals surface area contributed by atoms with Gasteiger partial charge in [0.2, 0.25) is 0 Å². The van der Waals surface area contributed by atoms with Crippen molar-refractivity contribution in [1.82, 2.24) is 10.3 Å². The quantitative estimate of drug-likeness (QED) is 0.786. The fourth-order valence-electron chi connectivity index (χ4n) is 2.54. The fraction of sp³-hybridized carbons (Fsp3) is 0.412. The van der Waals surface area contributed by atoms with Crippen LogP contribution in [-0.2, 0) is 14.8 Å². The van der Waals surface area contributed by atoms with Crippen molar-refractivity contribution in [2.75, 3.05) is 22.7 Å². The maximum atomic E-state index is 12.3. The van der Waals surface area contributed by atoms with E-state index in [1.807, 2.05) is 25.7 Å². The number of nitrogens with zero attached hydrogens (tertiary/aromatic N) is 2. The van der Waals surface area contributed by atoms with Crippen LogP contribution in [0.15, 0.2) is 40.7 Å². The molecule has 0 aliphatic carbocycles. The Bertz CT molecular complexity index is 884. The standard InChI is InChI=1S/C17H22N4O4S2/c1-17(2,3)25-16(22)19-12-10-21(11-12)13-4-6-14(7-5-13)27(23,24)20-15-18-8-9-26-15/h4-9,12H,10-11H2,1-3H3,(H,18,20)(H,19,22). The number of carbonyl (C=O) groups excluding carboxylic acids is 1. The molecule has 2 N–H and O–H groups in total. The van der Waals surface area contributed by atoms with Crippen molar-refractivity contribution in [3.8, 4) is 0 Å². The van der Waals surface area contributed by atoms with Gasteiger partial charge in [-0.25, -0.2) is 18.2 Å². The van der Waals surface area contributed by atoms with Crippen LogP contribution in [-0.4, -0.2) is 44.2 Å².